The van der Waals surface area contributed by atoms with Gasteiger partial charge in [0.1, 0.15) is 23.6 Å². The summed E-state index contributed by atoms with van der Waals surface area (Å²) in [4.78, 5) is 25.6. The normalized spacial score (nSPS) is 16.0. The fraction of sp³-hybridized carbons (Fsp3) is 0.267. The number of benzene rings is 1. The van der Waals surface area contributed by atoms with Crippen LogP contribution >= 0.6 is 0 Å². The number of H-pyrrole nitrogens is 1. The Bertz CT molecular complexity index is 844. The van der Waals surface area contributed by atoms with Crippen LogP contribution in [0, 0.1) is 0 Å². The van der Waals surface area contributed by atoms with Crippen LogP contribution in [0.2, 0.25) is 0 Å². The second-order valence-corrected chi connectivity index (χ2v) is 5.38. The molecule has 106 valence electrons. The van der Waals surface area contributed by atoms with Crippen molar-refractivity contribution in [1.29, 1.82) is 0 Å². The van der Waals surface area contributed by atoms with E-state index in [4.69, 9.17) is 5.73 Å². The molecule has 0 bridgehead atoms. The summed E-state index contributed by atoms with van der Waals surface area (Å²) < 4.78 is 0. The van der Waals surface area contributed by atoms with E-state index in [9.17, 15) is 4.79 Å². The summed E-state index contributed by atoms with van der Waals surface area (Å²) in [6.45, 7) is 1.42. The minimum atomic E-state index is 0.319. The molecule has 0 spiro atoms. The predicted molar refractivity (Wildman–Crippen MR) is 82.3 cm³/mol. The first kappa shape index (κ1) is 12.1. The minimum Gasteiger partial charge on any atom is -0.399 e. The van der Waals surface area contributed by atoms with Crippen LogP contribution in [0.15, 0.2) is 24.5 Å². The molecular weight excluding hydrogens is 266 g/mol. The highest BCUT2D eigenvalue weighted by atomic mass is 16.1. The van der Waals surface area contributed by atoms with Crippen molar-refractivity contribution in [3.8, 4) is 0 Å². The van der Waals surface area contributed by atoms with Crippen molar-refractivity contribution in [2.45, 2.75) is 12.8 Å². The number of aromatic nitrogens is 3. The summed E-state index contributed by atoms with van der Waals surface area (Å²) in [6.07, 6.45) is 2.72. The number of fused-ring (bicyclic) bond motifs is 3. The second kappa shape index (κ2) is 4.44. The molecule has 1 fully saturated rings. The lowest BCUT2D eigenvalue weighted by Crippen LogP contribution is -2.34. The van der Waals surface area contributed by atoms with Crippen molar-refractivity contribution in [3.05, 3.63) is 24.5 Å². The predicted octanol–water partition coefficient (Wildman–Crippen LogP) is 1.86. The first-order chi connectivity index (χ1) is 10.2. The van der Waals surface area contributed by atoms with E-state index < -0.39 is 0 Å². The van der Waals surface area contributed by atoms with E-state index >= 15 is 0 Å². The number of nitrogens with one attached hydrogen (secondary N) is 1. The topological polar surface area (TPSA) is 87.9 Å². The first-order valence-electron chi connectivity index (χ1n) is 7.01. The largest absolute Gasteiger partial charge is 0.399 e. The van der Waals surface area contributed by atoms with Gasteiger partial charge in [0.25, 0.3) is 0 Å². The first-order valence-corrected chi connectivity index (χ1v) is 7.01. The quantitative estimate of drug-likeness (QED) is 0.665. The number of hydrogen-bond acceptors (Lipinski definition) is 5. The summed E-state index contributed by atoms with van der Waals surface area (Å²) in [5.74, 6) is 1.20. The zero-order chi connectivity index (χ0) is 14.4. The Hall–Kier alpha value is -2.63. The van der Waals surface area contributed by atoms with E-state index in [1.807, 2.05) is 18.2 Å². The lowest BCUT2D eigenvalue weighted by atomic mass is 10.1. The zero-order valence-corrected chi connectivity index (χ0v) is 11.5. The maximum absolute atomic E-state index is 11.4. The van der Waals surface area contributed by atoms with Gasteiger partial charge in [0.2, 0.25) is 0 Å². The minimum absolute atomic E-state index is 0.319. The number of nitrogens with two attached hydrogens (primary N) is 1. The van der Waals surface area contributed by atoms with Crippen LogP contribution in [0.4, 0.5) is 11.5 Å². The number of Topliss-reactive ketones (excluding diaryl/α,β-unsaturated/α-hetero) is 1. The third-order valence-electron chi connectivity index (χ3n) is 4.01. The molecule has 0 atom stereocenters. The van der Waals surface area contributed by atoms with Crippen LogP contribution in [0.1, 0.15) is 12.8 Å². The van der Waals surface area contributed by atoms with Crippen molar-refractivity contribution >= 4 is 39.2 Å². The number of anilines is 2. The van der Waals surface area contributed by atoms with Crippen LogP contribution in [-0.4, -0.2) is 33.8 Å². The molecule has 0 radical (unpaired) electrons. The van der Waals surface area contributed by atoms with Gasteiger partial charge in [-0.25, -0.2) is 9.97 Å². The summed E-state index contributed by atoms with van der Waals surface area (Å²) >= 11 is 0. The number of ketones is 1. The third-order valence-corrected chi connectivity index (χ3v) is 4.01. The number of nitrogens with zero attached hydrogens (tertiary/aromatic N) is 3. The molecule has 3 aromatic rings. The van der Waals surface area contributed by atoms with Gasteiger partial charge in [-0.05, 0) is 18.2 Å². The average molecular weight is 281 g/mol. The van der Waals surface area contributed by atoms with E-state index in [2.05, 4.69) is 19.9 Å². The monoisotopic (exact) mass is 281 g/mol. The van der Waals surface area contributed by atoms with Gasteiger partial charge in [-0.15, -0.1) is 0 Å². The molecule has 21 heavy (non-hydrogen) atoms. The van der Waals surface area contributed by atoms with E-state index in [0.29, 0.717) is 37.4 Å². The van der Waals surface area contributed by atoms with E-state index in [1.165, 1.54) is 0 Å². The van der Waals surface area contributed by atoms with Gasteiger partial charge in [-0.2, -0.15) is 0 Å². The van der Waals surface area contributed by atoms with Crippen molar-refractivity contribution in [2.24, 2.45) is 0 Å². The molecule has 0 unspecified atom stereocenters. The average Bonchev–Trinajstić information content (AvgIpc) is 2.86. The molecule has 2 aromatic heterocycles. The number of hydrogen-bond donors (Lipinski definition) is 2. The van der Waals surface area contributed by atoms with Gasteiger partial charge in [0.05, 0.1) is 5.39 Å². The van der Waals surface area contributed by atoms with Crippen LogP contribution < -0.4 is 10.6 Å². The molecular formula is C15H15N5O. The highest BCUT2D eigenvalue weighted by molar-refractivity contribution is 6.12. The molecule has 1 aromatic carbocycles. The summed E-state index contributed by atoms with van der Waals surface area (Å²) in [5.41, 5.74) is 8.42. The Morgan fingerprint density at radius 2 is 2.00 bits per heavy atom. The number of aromatic amines is 1. The Labute approximate surface area is 121 Å². The maximum Gasteiger partial charge on any atom is 0.143 e. The SMILES string of the molecule is Nc1ccc2[nH]c3ncnc(N4CCC(=O)CC4)c3c2c1. The Balaban J connectivity index is 1.94. The van der Waals surface area contributed by atoms with E-state index in [0.717, 1.165) is 27.8 Å². The van der Waals surface area contributed by atoms with Gasteiger partial charge in [-0.1, -0.05) is 0 Å². The lowest BCUT2D eigenvalue weighted by molar-refractivity contribution is -0.119. The van der Waals surface area contributed by atoms with Crippen LogP contribution in [0.25, 0.3) is 21.9 Å². The molecule has 0 aliphatic carbocycles. The highest BCUT2D eigenvalue weighted by Gasteiger charge is 2.21. The Morgan fingerprint density at radius 1 is 1.19 bits per heavy atom. The van der Waals surface area contributed by atoms with Crippen molar-refractivity contribution in [2.75, 3.05) is 23.7 Å². The number of piperidine rings is 1. The van der Waals surface area contributed by atoms with Gasteiger partial charge < -0.3 is 15.6 Å². The van der Waals surface area contributed by atoms with Crippen molar-refractivity contribution in [1.82, 2.24) is 15.0 Å². The molecule has 1 aliphatic heterocycles. The molecule has 1 aliphatic rings. The molecule has 3 N–H and O–H groups in total. The zero-order valence-electron chi connectivity index (χ0n) is 11.5. The molecule has 3 heterocycles. The standard InChI is InChI=1S/C15H15N5O/c16-9-1-2-12-11(7-9)13-14(19-12)17-8-18-15(13)20-5-3-10(21)4-6-20/h1-2,7-8H,3-6,16H2,(H,17,18,19). The van der Waals surface area contributed by atoms with Gasteiger partial charge in [0, 0.05) is 42.5 Å². The molecule has 1 saturated heterocycles. The fourth-order valence-electron chi connectivity index (χ4n) is 2.93. The molecule has 6 heteroatoms. The Morgan fingerprint density at radius 3 is 2.81 bits per heavy atom. The fourth-order valence-corrected chi connectivity index (χ4v) is 2.93. The smallest absolute Gasteiger partial charge is 0.143 e. The van der Waals surface area contributed by atoms with Crippen molar-refractivity contribution < 1.29 is 4.79 Å². The third kappa shape index (κ3) is 1.91. The van der Waals surface area contributed by atoms with Gasteiger partial charge >= 0.3 is 0 Å². The number of carbonyl (C=O) groups excluding carboxylic acids is 1. The lowest BCUT2D eigenvalue weighted by Gasteiger charge is -2.27. The number of carbonyl (C=O) groups is 1. The summed E-state index contributed by atoms with van der Waals surface area (Å²) in [7, 11) is 0. The van der Waals surface area contributed by atoms with Gasteiger partial charge in [-0.3, -0.25) is 4.79 Å². The van der Waals surface area contributed by atoms with Crippen LogP contribution in [-0.2, 0) is 4.79 Å². The summed E-state index contributed by atoms with van der Waals surface area (Å²) in [5, 5.41) is 2.01. The van der Waals surface area contributed by atoms with Crippen LogP contribution in [0.3, 0.4) is 0 Å². The highest BCUT2D eigenvalue weighted by Crippen LogP contribution is 2.32. The van der Waals surface area contributed by atoms with Crippen LogP contribution in [0.5, 0.6) is 0 Å². The van der Waals surface area contributed by atoms with E-state index in [-0.39, 0.29) is 0 Å². The molecule has 0 amide bonds. The maximum atomic E-state index is 11.4. The van der Waals surface area contributed by atoms with E-state index in [1.54, 1.807) is 6.33 Å². The molecule has 6 nitrogen and oxygen atoms in total. The second-order valence-electron chi connectivity index (χ2n) is 5.38. The molecule has 0 saturated carbocycles. The summed E-state index contributed by atoms with van der Waals surface area (Å²) in [6, 6.07) is 5.76. The van der Waals surface area contributed by atoms with Gasteiger partial charge in [0.15, 0.2) is 0 Å². The number of rotatable bonds is 1. The Kier molecular flexibility index (Phi) is 2.57. The van der Waals surface area contributed by atoms with Crippen molar-refractivity contribution in [3.63, 3.8) is 0 Å². The number of nitrogen functional groups attached to an aromatic ring is 1. The molecule has 4 rings (SSSR count).